The second-order valence-corrected chi connectivity index (χ2v) is 6.59. The van der Waals surface area contributed by atoms with Crippen LogP contribution in [0.15, 0.2) is 0 Å². The van der Waals surface area contributed by atoms with Gasteiger partial charge in [-0.05, 0) is 31.1 Å². The molecule has 5 atom stereocenters. The van der Waals surface area contributed by atoms with Gasteiger partial charge in [0.1, 0.15) is 12.1 Å². The highest BCUT2D eigenvalue weighted by molar-refractivity contribution is 5.90. The van der Waals surface area contributed by atoms with Gasteiger partial charge in [-0.15, -0.1) is 0 Å². The Bertz CT molecular complexity index is 481. The van der Waals surface area contributed by atoms with Gasteiger partial charge < -0.3 is 20.1 Å². The van der Waals surface area contributed by atoms with E-state index in [1.807, 2.05) is 13.8 Å². The fraction of sp³-hybridized carbons (Fsp3) is 0.812. The number of methoxy groups -OCH3 is 1. The molecule has 2 amide bonds. The summed E-state index contributed by atoms with van der Waals surface area (Å²) >= 11 is 0. The van der Waals surface area contributed by atoms with Crippen LogP contribution in [0.3, 0.4) is 0 Å². The summed E-state index contributed by atoms with van der Waals surface area (Å²) < 4.78 is 4.61. The number of hydrogen-bond acceptors (Lipinski definition) is 4. The molecule has 1 saturated heterocycles. The molecule has 0 unspecified atom stereocenters. The van der Waals surface area contributed by atoms with E-state index in [2.05, 4.69) is 10.1 Å². The second kappa shape index (κ2) is 7.19. The molecular weight excluding hydrogens is 300 g/mol. The molecule has 2 N–H and O–H groups in total. The Labute approximate surface area is 136 Å². The number of carboxylic acids is 1. The van der Waals surface area contributed by atoms with Crippen molar-refractivity contribution >= 4 is 18.0 Å². The first-order valence-corrected chi connectivity index (χ1v) is 8.30. The smallest absolute Gasteiger partial charge is 0.407 e. The molecule has 2 aliphatic rings. The molecule has 1 heterocycles. The quantitative estimate of drug-likeness (QED) is 0.800. The van der Waals surface area contributed by atoms with E-state index >= 15 is 0 Å². The SMILES string of the molecule is CC[C@H](C)[C@H](NC(=O)OC)C(=O)N1[C@H](C(=O)O)C[C@@H]2CCC[C@@H]21. The van der Waals surface area contributed by atoms with Crippen LogP contribution in [0.2, 0.25) is 0 Å². The zero-order valence-corrected chi connectivity index (χ0v) is 13.9. The molecule has 0 aromatic carbocycles. The highest BCUT2D eigenvalue weighted by atomic mass is 16.5. The van der Waals surface area contributed by atoms with E-state index in [-0.39, 0.29) is 23.8 Å². The van der Waals surface area contributed by atoms with Crippen LogP contribution < -0.4 is 5.32 Å². The average molecular weight is 326 g/mol. The first kappa shape index (κ1) is 17.6. The first-order chi connectivity index (χ1) is 10.9. The molecule has 7 nitrogen and oxygen atoms in total. The van der Waals surface area contributed by atoms with Crippen molar-refractivity contribution in [2.75, 3.05) is 7.11 Å². The molecule has 0 bridgehead atoms. The maximum Gasteiger partial charge on any atom is 0.407 e. The van der Waals surface area contributed by atoms with Crippen LogP contribution in [0.4, 0.5) is 4.79 Å². The molecule has 130 valence electrons. The number of amides is 2. The van der Waals surface area contributed by atoms with E-state index in [1.54, 1.807) is 0 Å². The number of likely N-dealkylation sites (tertiary alicyclic amines) is 1. The number of carboxylic acid groups (broad SMARTS) is 1. The van der Waals surface area contributed by atoms with Crippen LogP contribution in [-0.2, 0) is 14.3 Å². The molecule has 0 aromatic rings. The van der Waals surface area contributed by atoms with E-state index in [4.69, 9.17) is 0 Å². The summed E-state index contributed by atoms with van der Waals surface area (Å²) in [5.41, 5.74) is 0. The Morgan fingerprint density at radius 3 is 2.61 bits per heavy atom. The summed E-state index contributed by atoms with van der Waals surface area (Å²) in [6.45, 7) is 3.80. The van der Waals surface area contributed by atoms with Crippen LogP contribution in [0.25, 0.3) is 0 Å². The first-order valence-electron chi connectivity index (χ1n) is 8.30. The van der Waals surface area contributed by atoms with Crippen molar-refractivity contribution in [3.05, 3.63) is 0 Å². The lowest BCUT2D eigenvalue weighted by atomic mass is 9.97. The third-order valence-electron chi connectivity index (χ3n) is 5.32. The molecule has 7 heteroatoms. The third kappa shape index (κ3) is 3.43. The Morgan fingerprint density at radius 2 is 2.04 bits per heavy atom. The third-order valence-corrected chi connectivity index (χ3v) is 5.32. The summed E-state index contributed by atoms with van der Waals surface area (Å²) in [7, 11) is 1.25. The summed E-state index contributed by atoms with van der Waals surface area (Å²) in [4.78, 5) is 37.7. The highest BCUT2D eigenvalue weighted by Gasteiger charge is 2.50. The van der Waals surface area contributed by atoms with Crippen molar-refractivity contribution < 1.29 is 24.2 Å². The van der Waals surface area contributed by atoms with E-state index in [0.717, 1.165) is 19.3 Å². The lowest BCUT2D eigenvalue weighted by Crippen LogP contribution is -2.56. The van der Waals surface area contributed by atoms with Gasteiger partial charge in [-0.2, -0.15) is 0 Å². The molecule has 0 radical (unpaired) electrons. The van der Waals surface area contributed by atoms with Crippen LogP contribution in [-0.4, -0.2) is 53.2 Å². The fourth-order valence-electron chi connectivity index (χ4n) is 3.86. The largest absolute Gasteiger partial charge is 0.480 e. The van der Waals surface area contributed by atoms with Crippen molar-refractivity contribution in [2.45, 2.75) is 64.1 Å². The van der Waals surface area contributed by atoms with Crippen molar-refractivity contribution in [1.82, 2.24) is 10.2 Å². The number of carbonyl (C=O) groups is 3. The van der Waals surface area contributed by atoms with Gasteiger partial charge in [0.25, 0.3) is 0 Å². The monoisotopic (exact) mass is 326 g/mol. The van der Waals surface area contributed by atoms with Crippen molar-refractivity contribution in [3.63, 3.8) is 0 Å². The van der Waals surface area contributed by atoms with Gasteiger partial charge in [0.2, 0.25) is 5.91 Å². The van der Waals surface area contributed by atoms with Gasteiger partial charge in [0.15, 0.2) is 0 Å². The molecule has 2 rings (SSSR count). The van der Waals surface area contributed by atoms with E-state index in [9.17, 15) is 19.5 Å². The molecule has 0 spiro atoms. The van der Waals surface area contributed by atoms with Crippen molar-refractivity contribution in [2.24, 2.45) is 11.8 Å². The molecule has 1 saturated carbocycles. The molecule has 0 aromatic heterocycles. The number of nitrogens with zero attached hydrogens (tertiary/aromatic N) is 1. The minimum atomic E-state index is -0.964. The average Bonchev–Trinajstić information content (AvgIpc) is 3.11. The Morgan fingerprint density at radius 1 is 1.35 bits per heavy atom. The maximum atomic E-state index is 13.0. The number of alkyl carbamates (subject to hydrolysis) is 1. The number of aliphatic carboxylic acids is 1. The van der Waals surface area contributed by atoms with E-state index < -0.39 is 24.1 Å². The summed E-state index contributed by atoms with van der Waals surface area (Å²) in [5.74, 6) is -1.10. The summed E-state index contributed by atoms with van der Waals surface area (Å²) in [6.07, 6.45) is 3.36. The molecule has 2 fully saturated rings. The zero-order valence-electron chi connectivity index (χ0n) is 13.9. The van der Waals surface area contributed by atoms with Gasteiger partial charge in [0.05, 0.1) is 7.11 Å². The predicted octanol–water partition coefficient (Wildman–Crippen LogP) is 1.61. The Kier molecular flexibility index (Phi) is 5.49. The number of hydrogen-bond donors (Lipinski definition) is 2. The lowest BCUT2D eigenvalue weighted by Gasteiger charge is -2.33. The number of carbonyl (C=O) groups excluding carboxylic acids is 2. The highest BCUT2D eigenvalue weighted by Crippen LogP contribution is 2.41. The standard InChI is InChI=1S/C16H26N2O5/c1-4-9(2)13(17-16(22)23-3)14(19)18-11-7-5-6-10(11)8-12(18)15(20)21/h9-13H,4-8H2,1-3H3,(H,17,22)(H,20,21)/t9-,10-,11-,12-,13-/m0/s1. The molecule has 23 heavy (non-hydrogen) atoms. The zero-order chi connectivity index (χ0) is 17.1. The van der Waals surface area contributed by atoms with Gasteiger partial charge in [0, 0.05) is 6.04 Å². The number of nitrogens with one attached hydrogen (secondary N) is 1. The van der Waals surface area contributed by atoms with Crippen LogP contribution in [0.1, 0.15) is 46.0 Å². The van der Waals surface area contributed by atoms with Gasteiger partial charge in [-0.3, -0.25) is 4.79 Å². The fourth-order valence-corrected chi connectivity index (χ4v) is 3.86. The number of rotatable bonds is 5. The van der Waals surface area contributed by atoms with E-state index in [0.29, 0.717) is 12.8 Å². The maximum absolute atomic E-state index is 13.0. The summed E-state index contributed by atoms with van der Waals surface area (Å²) in [5, 5.41) is 12.1. The molecule has 1 aliphatic heterocycles. The Hall–Kier alpha value is -1.79. The minimum Gasteiger partial charge on any atom is -0.480 e. The molecule has 1 aliphatic carbocycles. The van der Waals surface area contributed by atoms with Crippen LogP contribution >= 0.6 is 0 Å². The van der Waals surface area contributed by atoms with Crippen molar-refractivity contribution in [1.29, 1.82) is 0 Å². The van der Waals surface area contributed by atoms with Gasteiger partial charge >= 0.3 is 12.1 Å². The van der Waals surface area contributed by atoms with Gasteiger partial charge in [-0.25, -0.2) is 9.59 Å². The van der Waals surface area contributed by atoms with Crippen LogP contribution in [0, 0.1) is 11.8 Å². The predicted molar refractivity (Wildman–Crippen MR) is 82.8 cm³/mol. The Balaban J connectivity index is 2.24. The minimum absolute atomic E-state index is 0.0189. The number of fused-ring (bicyclic) bond motifs is 1. The molecular formula is C16H26N2O5. The number of ether oxygens (including phenoxy) is 1. The second-order valence-electron chi connectivity index (χ2n) is 6.59. The lowest BCUT2D eigenvalue weighted by molar-refractivity contribution is -0.151. The van der Waals surface area contributed by atoms with Crippen molar-refractivity contribution in [3.8, 4) is 0 Å². The van der Waals surface area contributed by atoms with E-state index in [1.165, 1.54) is 12.0 Å². The van der Waals surface area contributed by atoms with Crippen LogP contribution in [0.5, 0.6) is 0 Å². The normalized spacial score (nSPS) is 28.8. The topological polar surface area (TPSA) is 95.9 Å². The van der Waals surface area contributed by atoms with Gasteiger partial charge in [-0.1, -0.05) is 26.7 Å². The summed E-state index contributed by atoms with van der Waals surface area (Å²) in [6, 6.07) is -1.56.